The Kier molecular flexibility index (Phi) is 5.58. The van der Waals surface area contributed by atoms with Gasteiger partial charge in [-0.05, 0) is 61.0 Å². The summed E-state index contributed by atoms with van der Waals surface area (Å²) in [6, 6.07) is 11.7. The van der Waals surface area contributed by atoms with Crippen molar-refractivity contribution >= 4 is 24.2 Å². The van der Waals surface area contributed by atoms with Crippen LogP contribution < -0.4 is 10.2 Å². The first-order chi connectivity index (χ1) is 13.1. The van der Waals surface area contributed by atoms with E-state index in [0.29, 0.717) is 11.5 Å². The fourth-order valence-electron chi connectivity index (χ4n) is 2.07. The number of aromatic amines is 1. The van der Waals surface area contributed by atoms with Crippen LogP contribution in [0.15, 0.2) is 64.3 Å². The SMILES string of the molecule is Cc1cc(C(=O)N/N=C/c2ccc(OC(=O)/C=C/c3ccco3)cc2)n[nH]1. The van der Waals surface area contributed by atoms with Crippen molar-refractivity contribution in [3.8, 4) is 5.75 Å². The molecule has 0 aliphatic heterocycles. The van der Waals surface area contributed by atoms with E-state index in [1.807, 2.05) is 0 Å². The molecule has 3 rings (SSSR count). The minimum Gasteiger partial charge on any atom is -0.465 e. The molecule has 27 heavy (non-hydrogen) atoms. The lowest BCUT2D eigenvalue weighted by molar-refractivity contribution is -0.128. The van der Waals surface area contributed by atoms with Crippen molar-refractivity contribution in [2.24, 2.45) is 5.10 Å². The summed E-state index contributed by atoms with van der Waals surface area (Å²) in [4.78, 5) is 23.5. The van der Waals surface area contributed by atoms with Crippen molar-refractivity contribution in [1.29, 1.82) is 0 Å². The first kappa shape index (κ1) is 17.9. The molecule has 0 saturated carbocycles. The lowest BCUT2D eigenvalue weighted by Crippen LogP contribution is -2.18. The quantitative estimate of drug-likeness (QED) is 0.230. The molecule has 8 nitrogen and oxygen atoms in total. The molecule has 0 aliphatic carbocycles. The van der Waals surface area contributed by atoms with Crippen LogP contribution in [0, 0.1) is 6.92 Å². The third-order valence-electron chi connectivity index (χ3n) is 3.34. The largest absolute Gasteiger partial charge is 0.465 e. The summed E-state index contributed by atoms with van der Waals surface area (Å²) in [5.41, 5.74) is 4.15. The molecule has 3 aromatic rings. The van der Waals surface area contributed by atoms with Gasteiger partial charge in [0.15, 0.2) is 5.69 Å². The molecule has 136 valence electrons. The summed E-state index contributed by atoms with van der Waals surface area (Å²) in [7, 11) is 0. The molecule has 0 saturated heterocycles. The van der Waals surface area contributed by atoms with Gasteiger partial charge in [0.2, 0.25) is 0 Å². The minimum atomic E-state index is -0.519. The highest BCUT2D eigenvalue weighted by Gasteiger charge is 2.07. The molecular weight excluding hydrogens is 348 g/mol. The Morgan fingerprint density at radius 2 is 2.07 bits per heavy atom. The lowest BCUT2D eigenvalue weighted by atomic mass is 10.2. The monoisotopic (exact) mass is 364 g/mol. The van der Waals surface area contributed by atoms with Crippen LogP contribution in [0.4, 0.5) is 0 Å². The first-order valence-electron chi connectivity index (χ1n) is 7.99. The molecule has 1 aromatic carbocycles. The highest BCUT2D eigenvalue weighted by atomic mass is 16.5. The number of H-pyrrole nitrogens is 1. The van der Waals surface area contributed by atoms with Crippen molar-refractivity contribution in [2.45, 2.75) is 6.92 Å². The van der Waals surface area contributed by atoms with Gasteiger partial charge in [-0.1, -0.05) is 0 Å². The number of aryl methyl sites for hydroxylation is 1. The van der Waals surface area contributed by atoms with Crippen molar-refractivity contribution in [3.63, 3.8) is 0 Å². The molecule has 1 amide bonds. The predicted molar refractivity (Wildman–Crippen MR) is 98.2 cm³/mol. The van der Waals surface area contributed by atoms with Crippen molar-refractivity contribution in [2.75, 3.05) is 0 Å². The number of rotatable bonds is 6. The van der Waals surface area contributed by atoms with Crippen LogP contribution in [-0.2, 0) is 4.79 Å². The van der Waals surface area contributed by atoms with Crippen LogP contribution in [0.25, 0.3) is 6.08 Å². The Morgan fingerprint density at radius 3 is 2.74 bits per heavy atom. The molecule has 0 unspecified atom stereocenters. The van der Waals surface area contributed by atoms with Gasteiger partial charge in [0.05, 0.1) is 12.5 Å². The molecule has 2 heterocycles. The number of hydrazone groups is 1. The zero-order chi connectivity index (χ0) is 19.1. The van der Waals surface area contributed by atoms with Gasteiger partial charge in [-0.25, -0.2) is 10.2 Å². The van der Waals surface area contributed by atoms with E-state index in [0.717, 1.165) is 11.3 Å². The van der Waals surface area contributed by atoms with E-state index in [4.69, 9.17) is 9.15 Å². The van der Waals surface area contributed by atoms with Gasteiger partial charge in [0.1, 0.15) is 11.5 Å². The molecular formula is C19H16N4O4. The number of furan rings is 1. The van der Waals surface area contributed by atoms with E-state index in [1.165, 1.54) is 24.6 Å². The third kappa shape index (κ3) is 5.27. The maximum absolute atomic E-state index is 11.8. The van der Waals surface area contributed by atoms with Crippen molar-refractivity contribution in [1.82, 2.24) is 15.6 Å². The number of ether oxygens (including phenoxy) is 1. The molecule has 0 spiro atoms. The van der Waals surface area contributed by atoms with Crippen LogP contribution >= 0.6 is 0 Å². The number of hydrogen-bond donors (Lipinski definition) is 2. The summed E-state index contributed by atoms with van der Waals surface area (Å²) >= 11 is 0. The van der Waals surface area contributed by atoms with Gasteiger partial charge in [-0.15, -0.1) is 0 Å². The summed E-state index contributed by atoms with van der Waals surface area (Å²) in [5, 5.41) is 10.4. The lowest BCUT2D eigenvalue weighted by Gasteiger charge is -2.01. The number of carbonyl (C=O) groups excluding carboxylic acids is 2. The maximum Gasteiger partial charge on any atom is 0.336 e. The van der Waals surface area contributed by atoms with Crippen LogP contribution in [-0.4, -0.2) is 28.3 Å². The zero-order valence-corrected chi connectivity index (χ0v) is 14.4. The maximum atomic E-state index is 11.8. The summed E-state index contributed by atoms with van der Waals surface area (Å²) < 4.78 is 10.3. The van der Waals surface area contributed by atoms with E-state index < -0.39 is 11.9 Å². The van der Waals surface area contributed by atoms with Gasteiger partial charge in [0, 0.05) is 11.8 Å². The van der Waals surface area contributed by atoms with Crippen LogP contribution in [0.1, 0.15) is 27.5 Å². The van der Waals surface area contributed by atoms with Crippen LogP contribution in [0.2, 0.25) is 0 Å². The predicted octanol–water partition coefficient (Wildman–Crippen LogP) is 2.69. The number of carbonyl (C=O) groups is 2. The zero-order valence-electron chi connectivity index (χ0n) is 14.4. The normalized spacial score (nSPS) is 11.1. The number of hydrogen-bond acceptors (Lipinski definition) is 6. The molecule has 0 radical (unpaired) electrons. The Hall–Kier alpha value is -3.94. The fraction of sp³-hybridized carbons (Fsp3) is 0.0526. The Balaban J connectivity index is 1.50. The Labute approximate surface area is 154 Å². The molecule has 0 fully saturated rings. The van der Waals surface area contributed by atoms with E-state index >= 15 is 0 Å². The number of amides is 1. The second kappa shape index (κ2) is 8.43. The highest BCUT2D eigenvalue weighted by molar-refractivity contribution is 5.93. The third-order valence-corrected chi connectivity index (χ3v) is 3.34. The van der Waals surface area contributed by atoms with Gasteiger partial charge in [-0.2, -0.15) is 10.2 Å². The number of nitrogens with zero attached hydrogens (tertiary/aromatic N) is 2. The number of benzene rings is 1. The van der Waals surface area contributed by atoms with E-state index in [-0.39, 0.29) is 5.69 Å². The second-order valence-electron chi connectivity index (χ2n) is 5.47. The highest BCUT2D eigenvalue weighted by Crippen LogP contribution is 2.12. The number of aromatic nitrogens is 2. The summed E-state index contributed by atoms with van der Waals surface area (Å²) in [6.07, 6.45) is 5.79. The average Bonchev–Trinajstić information content (AvgIpc) is 3.33. The molecule has 0 atom stereocenters. The molecule has 0 bridgehead atoms. The van der Waals surface area contributed by atoms with E-state index in [1.54, 1.807) is 49.4 Å². The van der Waals surface area contributed by atoms with Gasteiger partial charge in [-0.3, -0.25) is 9.89 Å². The number of nitrogens with one attached hydrogen (secondary N) is 2. The van der Waals surface area contributed by atoms with Crippen LogP contribution in [0.3, 0.4) is 0 Å². The van der Waals surface area contributed by atoms with Crippen molar-refractivity contribution < 1.29 is 18.7 Å². The van der Waals surface area contributed by atoms with Gasteiger partial charge >= 0.3 is 5.97 Å². The van der Waals surface area contributed by atoms with Crippen LogP contribution in [0.5, 0.6) is 5.75 Å². The minimum absolute atomic E-state index is 0.259. The average molecular weight is 364 g/mol. The smallest absolute Gasteiger partial charge is 0.336 e. The molecule has 0 aliphatic rings. The topological polar surface area (TPSA) is 110 Å². The first-order valence-corrected chi connectivity index (χ1v) is 7.99. The fourth-order valence-corrected chi connectivity index (χ4v) is 2.07. The van der Waals surface area contributed by atoms with E-state index in [9.17, 15) is 9.59 Å². The molecule has 2 N–H and O–H groups in total. The molecule has 2 aromatic heterocycles. The molecule has 8 heteroatoms. The number of esters is 1. The second-order valence-corrected chi connectivity index (χ2v) is 5.47. The van der Waals surface area contributed by atoms with Gasteiger partial charge < -0.3 is 9.15 Å². The van der Waals surface area contributed by atoms with Gasteiger partial charge in [0.25, 0.3) is 5.91 Å². The van der Waals surface area contributed by atoms with E-state index in [2.05, 4.69) is 20.7 Å². The Morgan fingerprint density at radius 1 is 1.26 bits per heavy atom. The van der Waals surface area contributed by atoms with Crippen molar-refractivity contribution in [3.05, 3.63) is 77.5 Å². The summed E-state index contributed by atoms with van der Waals surface area (Å²) in [5.74, 6) is 0.0155. The standard InChI is InChI=1S/C19H16N4O4/c1-13-11-17(22-21-13)19(25)23-20-12-14-4-6-16(7-5-14)27-18(24)9-8-15-3-2-10-26-15/h2-12H,1H3,(H,21,22)(H,23,25)/b9-8+,20-12+. The Bertz CT molecular complexity index is 970. The summed E-state index contributed by atoms with van der Waals surface area (Å²) in [6.45, 7) is 1.80.